The molecule has 1 aromatic carbocycles. The summed E-state index contributed by atoms with van der Waals surface area (Å²) in [4.78, 5) is 16.7. The van der Waals surface area contributed by atoms with Crippen molar-refractivity contribution in [2.75, 3.05) is 26.7 Å². The van der Waals surface area contributed by atoms with E-state index in [4.69, 9.17) is 0 Å². The Labute approximate surface area is 157 Å². The fourth-order valence-corrected chi connectivity index (χ4v) is 3.11. The van der Waals surface area contributed by atoms with Gasteiger partial charge in [0.2, 0.25) is 0 Å². The highest BCUT2D eigenvalue weighted by Gasteiger charge is 2.05. The van der Waals surface area contributed by atoms with Crippen LogP contribution in [0.15, 0.2) is 40.7 Å². The number of rotatable bonds is 8. The number of aliphatic imine (C=N–C) groups is 1. The molecule has 1 aromatic heterocycles. The minimum Gasteiger partial charge on any atom is -0.356 e. The molecule has 140 valence electrons. The maximum atomic E-state index is 13.1. The molecular weight excluding hydrogens is 351 g/mol. The summed E-state index contributed by atoms with van der Waals surface area (Å²) in [5.74, 6) is 0.481. The first-order chi connectivity index (χ1) is 12.6. The first-order valence-electron chi connectivity index (χ1n) is 8.61. The number of thiophene rings is 1. The van der Waals surface area contributed by atoms with E-state index in [2.05, 4.69) is 20.9 Å². The maximum Gasteiger partial charge on any atom is 0.261 e. The summed E-state index contributed by atoms with van der Waals surface area (Å²) in [6, 6.07) is 8.53. The normalized spacial score (nSPS) is 11.3. The Morgan fingerprint density at radius 3 is 2.62 bits per heavy atom. The van der Waals surface area contributed by atoms with Crippen LogP contribution in [0.25, 0.3) is 0 Å². The van der Waals surface area contributed by atoms with Gasteiger partial charge >= 0.3 is 0 Å². The first-order valence-corrected chi connectivity index (χ1v) is 9.49. The summed E-state index contributed by atoms with van der Waals surface area (Å²) in [7, 11) is 1.72. The van der Waals surface area contributed by atoms with E-state index in [1.807, 2.05) is 30.5 Å². The lowest BCUT2D eigenvalue weighted by Gasteiger charge is -2.13. The van der Waals surface area contributed by atoms with Gasteiger partial charge in [-0.15, -0.1) is 11.3 Å². The second kappa shape index (κ2) is 10.6. The van der Waals surface area contributed by atoms with E-state index in [9.17, 15) is 9.18 Å². The molecule has 2 aromatic rings. The molecule has 0 atom stereocenters. The van der Waals surface area contributed by atoms with Gasteiger partial charge in [-0.25, -0.2) is 4.39 Å². The predicted octanol–water partition coefficient (Wildman–Crippen LogP) is 2.72. The number of benzene rings is 1. The Kier molecular flexibility index (Phi) is 8.08. The van der Waals surface area contributed by atoms with Gasteiger partial charge in [-0.2, -0.15) is 0 Å². The van der Waals surface area contributed by atoms with Crippen molar-refractivity contribution in [2.24, 2.45) is 4.99 Å². The molecule has 7 heteroatoms. The van der Waals surface area contributed by atoms with E-state index in [0.29, 0.717) is 25.6 Å². The number of aryl methyl sites for hydroxylation is 1. The summed E-state index contributed by atoms with van der Waals surface area (Å²) in [5, 5.41) is 11.2. The van der Waals surface area contributed by atoms with Crippen LogP contribution in [0.1, 0.15) is 27.2 Å². The number of amides is 1. The van der Waals surface area contributed by atoms with Gasteiger partial charge in [-0.3, -0.25) is 9.79 Å². The number of hydrogen-bond acceptors (Lipinski definition) is 3. The Bertz CT molecular complexity index is 731. The van der Waals surface area contributed by atoms with Crippen molar-refractivity contribution in [3.63, 3.8) is 0 Å². The number of halogens is 1. The molecule has 0 fully saturated rings. The van der Waals surface area contributed by atoms with Crippen LogP contribution in [0, 0.1) is 12.7 Å². The Hall–Kier alpha value is -2.41. The van der Waals surface area contributed by atoms with Crippen molar-refractivity contribution < 1.29 is 9.18 Å². The highest BCUT2D eigenvalue weighted by molar-refractivity contribution is 7.12. The fourth-order valence-electron chi connectivity index (χ4n) is 2.47. The molecule has 0 aliphatic carbocycles. The van der Waals surface area contributed by atoms with Gasteiger partial charge in [-0.1, -0.05) is 12.1 Å². The van der Waals surface area contributed by atoms with Crippen LogP contribution in [-0.2, 0) is 6.42 Å². The van der Waals surface area contributed by atoms with Crippen LogP contribution in [0.5, 0.6) is 0 Å². The van der Waals surface area contributed by atoms with E-state index in [-0.39, 0.29) is 11.7 Å². The number of guanidine groups is 1. The van der Waals surface area contributed by atoms with Gasteiger partial charge in [0.1, 0.15) is 5.82 Å². The molecule has 0 aliphatic heterocycles. The van der Waals surface area contributed by atoms with E-state index >= 15 is 0 Å². The third-order valence-electron chi connectivity index (χ3n) is 3.89. The quantitative estimate of drug-likeness (QED) is 0.377. The van der Waals surface area contributed by atoms with Gasteiger partial charge in [-0.05, 0) is 54.5 Å². The summed E-state index contributed by atoms with van der Waals surface area (Å²) in [5.41, 5.74) is 2.07. The van der Waals surface area contributed by atoms with Crippen LogP contribution in [0.3, 0.4) is 0 Å². The molecule has 0 bridgehead atoms. The van der Waals surface area contributed by atoms with Crippen molar-refractivity contribution in [3.8, 4) is 0 Å². The standard InChI is InChI=1S/C19H25FN4OS/c1-14-13-16(20)7-6-15(14)8-11-24-19(21-2)23-10-4-9-22-18(25)17-5-3-12-26-17/h3,5-7,12-13H,4,8-11H2,1-2H3,(H,22,25)(H2,21,23,24). The van der Waals surface area contributed by atoms with Gasteiger partial charge in [0, 0.05) is 26.7 Å². The number of hydrogen-bond donors (Lipinski definition) is 3. The first kappa shape index (κ1) is 19.9. The molecule has 3 N–H and O–H groups in total. The van der Waals surface area contributed by atoms with Crippen LogP contribution in [0.4, 0.5) is 4.39 Å². The van der Waals surface area contributed by atoms with Crippen LogP contribution in [-0.4, -0.2) is 38.5 Å². The molecule has 0 radical (unpaired) electrons. The molecule has 0 spiro atoms. The third kappa shape index (κ3) is 6.48. The number of carbonyl (C=O) groups is 1. The average molecular weight is 377 g/mol. The van der Waals surface area contributed by atoms with Crippen LogP contribution < -0.4 is 16.0 Å². The Morgan fingerprint density at radius 2 is 1.92 bits per heavy atom. The minimum atomic E-state index is -0.206. The summed E-state index contributed by atoms with van der Waals surface area (Å²) < 4.78 is 13.1. The van der Waals surface area contributed by atoms with E-state index in [0.717, 1.165) is 28.8 Å². The lowest BCUT2D eigenvalue weighted by Crippen LogP contribution is -2.39. The average Bonchev–Trinajstić information content (AvgIpc) is 3.16. The van der Waals surface area contributed by atoms with Crippen molar-refractivity contribution in [2.45, 2.75) is 19.8 Å². The predicted molar refractivity (Wildman–Crippen MR) is 105 cm³/mol. The van der Waals surface area contributed by atoms with Gasteiger partial charge in [0.05, 0.1) is 4.88 Å². The summed E-state index contributed by atoms with van der Waals surface area (Å²) >= 11 is 1.43. The van der Waals surface area contributed by atoms with E-state index in [1.54, 1.807) is 13.1 Å². The number of nitrogens with zero attached hydrogens (tertiary/aromatic N) is 1. The highest BCUT2D eigenvalue weighted by Crippen LogP contribution is 2.10. The Balaban J connectivity index is 1.61. The third-order valence-corrected chi connectivity index (χ3v) is 4.76. The largest absolute Gasteiger partial charge is 0.356 e. The molecule has 0 unspecified atom stereocenters. The second-order valence-corrected chi connectivity index (χ2v) is 6.78. The number of nitrogens with one attached hydrogen (secondary N) is 3. The smallest absolute Gasteiger partial charge is 0.261 e. The SMILES string of the molecule is CN=C(NCCCNC(=O)c1cccs1)NCCc1ccc(F)cc1C. The fraction of sp³-hybridized carbons (Fsp3) is 0.368. The van der Waals surface area contributed by atoms with Crippen molar-refractivity contribution in [1.82, 2.24) is 16.0 Å². The molecule has 26 heavy (non-hydrogen) atoms. The molecule has 0 aliphatic rings. The highest BCUT2D eigenvalue weighted by atomic mass is 32.1. The lowest BCUT2D eigenvalue weighted by molar-refractivity contribution is 0.0957. The zero-order chi connectivity index (χ0) is 18.8. The van der Waals surface area contributed by atoms with Gasteiger partial charge in [0.25, 0.3) is 5.91 Å². The molecule has 5 nitrogen and oxygen atoms in total. The lowest BCUT2D eigenvalue weighted by atomic mass is 10.1. The summed E-state index contributed by atoms with van der Waals surface area (Å²) in [6.07, 6.45) is 1.60. The molecule has 1 amide bonds. The number of carbonyl (C=O) groups excluding carboxylic acids is 1. The van der Waals surface area contributed by atoms with Crippen molar-refractivity contribution in [3.05, 3.63) is 57.5 Å². The molecule has 0 saturated heterocycles. The zero-order valence-electron chi connectivity index (χ0n) is 15.1. The summed E-state index contributed by atoms with van der Waals surface area (Å²) in [6.45, 7) is 3.94. The van der Waals surface area contributed by atoms with E-state index in [1.165, 1.54) is 17.4 Å². The maximum absolute atomic E-state index is 13.1. The topological polar surface area (TPSA) is 65.5 Å². The minimum absolute atomic E-state index is 0.0304. The van der Waals surface area contributed by atoms with Crippen molar-refractivity contribution >= 4 is 23.2 Å². The Morgan fingerprint density at radius 1 is 1.15 bits per heavy atom. The zero-order valence-corrected chi connectivity index (χ0v) is 16.0. The molecular formula is C19H25FN4OS. The molecule has 2 rings (SSSR count). The van der Waals surface area contributed by atoms with Crippen LogP contribution >= 0.6 is 11.3 Å². The van der Waals surface area contributed by atoms with Crippen LogP contribution in [0.2, 0.25) is 0 Å². The monoisotopic (exact) mass is 376 g/mol. The molecule has 0 saturated carbocycles. The van der Waals surface area contributed by atoms with Crippen molar-refractivity contribution in [1.29, 1.82) is 0 Å². The van der Waals surface area contributed by atoms with Gasteiger partial charge in [0.15, 0.2) is 5.96 Å². The van der Waals surface area contributed by atoms with E-state index < -0.39 is 0 Å². The van der Waals surface area contributed by atoms with Gasteiger partial charge < -0.3 is 16.0 Å². The molecule has 1 heterocycles. The second-order valence-electron chi connectivity index (χ2n) is 5.83.